The number of aliphatic carboxylic acids is 1. The third-order valence-electron chi connectivity index (χ3n) is 14.3. The number of hydrogen-bond donors (Lipinski definition) is 6. The quantitative estimate of drug-likeness (QED) is 0.0941. The number of nitrogens with zero attached hydrogens (tertiary/aromatic N) is 4. The Morgan fingerprint density at radius 1 is 0.849 bits per heavy atom. The van der Waals surface area contributed by atoms with Gasteiger partial charge in [0.05, 0.1) is 17.1 Å². The largest absolute Gasteiger partial charge is 0.490 e. The van der Waals surface area contributed by atoms with Crippen LogP contribution in [0.2, 0.25) is 0 Å². The van der Waals surface area contributed by atoms with Crippen LogP contribution >= 0.6 is 0 Å². The molecule has 4 aliphatic rings. The van der Waals surface area contributed by atoms with Gasteiger partial charge < -0.3 is 37.0 Å². The summed E-state index contributed by atoms with van der Waals surface area (Å²) in [7, 11) is 1.69. The highest BCUT2D eigenvalue weighted by Gasteiger charge is 2.45. The molecule has 3 saturated heterocycles. The molecule has 1 aliphatic carbocycles. The van der Waals surface area contributed by atoms with Gasteiger partial charge in [0.1, 0.15) is 24.2 Å². The number of aryl methyl sites for hydroxylation is 1. The van der Waals surface area contributed by atoms with Gasteiger partial charge >= 0.3 is 17.8 Å². The number of benzene rings is 3. The molecular formula is C51H60F3N9O10. The van der Waals surface area contributed by atoms with Crippen molar-refractivity contribution < 1.29 is 56.6 Å². The highest BCUT2D eigenvalue weighted by molar-refractivity contribution is 6.00. The molecule has 1 unspecified atom stereocenters. The lowest BCUT2D eigenvalue weighted by Crippen LogP contribution is -2.60. The topological polar surface area (TPSA) is 278 Å². The number of carbonyl (C=O) groups excluding carboxylic acids is 7. The minimum absolute atomic E-state index is 0.0288. The van der Waals surface area contributed by atoms with Crippen molar-refractivity contribution in [2.75, 3.05) is 13.1 Å². The van der Waals surface area contributed by atoms with E-state index in [-0.39, 0.29) is 55.8 Å². The highest BCUT2D eigenvalue weighted by atomic mass is 19.4. The van der Waals surface area contributed by atoms with Crippen molar-refractivity contribution in [2.45, 2.75) is 125 Å². The Morgan fingerprint density at radius 3 is 2.10 bits per heavy atom. The molecule has 3 aliphatic heterocycles. The molecular weight excluding hydrogens is 956 g/mol. The van der Waals surface area contributed by atoms with Crippen LogP contribution < -0.4 is 33.1 Å². The molecule has 1 saturated carbocycles. The average molecular weight is 1020 g/mol. The second kappa shape index (κ2) is 23.0. The van der Waals surface area contributed by atoms with E-state index in [0.29, 0.717) is 56.0 Å². The van der Waals surface area contributed by atoms with E-state index in [1.165, 1.54) is 4.57 Å². The number of fused-ring (bicyclic) bond motifs is 2. The fraction of sp³-hybridized carbons (Fsp3) is 0.471. The summed E-state index contributed by atoms with van der Waals surface area (Å²) in [5.41, 5.74) is 15.9. The van der Waals surface area contributed by atoms with Gasteiger partial charge in [-0.3, -0.25) is 48.0 Å². The van der Waals surface area contributed by atoms with Gasteiger partial charge in [-0.25, -0.2) is 9.59 Å². The van der Waals surface area contributed by atoms with E-state index in [1.54, 1.807) is 21.4 Å². The van der Waals surface area contributed by atoms with E-state index in [1.807, 2.05) is 78.9 Å². The Morgan fingerprint density at radius 2 is 1.49 bits per heavy atom. The van der Waals surface area contributed by atoms with Gasteiger partial charge in [-0.05, 0) is 98.4 Å². The van der Waals surface area contributed by atoms with Crippen LogP contribution in [-0.2, 0) is 45.4 Å². The van der Waals surface area contributed by atoms with Crippen molar-refractivity contribution in [3.63, 3.8) is 0 Å². The number of carboxylic acid groups (broad SMARTS) is 1. The van der Waals surface area contributed by atoms with Crippen LogP contribution in [0.15, 0.2) is 83.7 Å². The zero-order valence-electron chi connectivity index (χ0n) is 40.2. The number of nitrogens with one attached hydrogen (secondary N) is 3. The van der Waals surface area contributed by atoms with E-state index in [0.717, 1.165) is 41.5 Å². The summed E-state index contributed by atoms with van der Waals surface area (Å²) in [4.78, 5) is 117. The van der Waals surface area contributed by atoms with Crippen LogP contribution in [0, 0.1) is 5.92 Å². The summed E-state index contributed by atoms with van der Waals surface area (Å²) in [5.74, 6) is -4.90. The van der Waals surface area contributed by atoms with Crippen LogP contribution in [-0.4, -0.2) is 115 Å². The molecule has 5 atom stereocenters. The van der Waals surface area contributed by atoms with E-state index >= 15 is 0 Å². The maximum atomic E-state index is 14.0. The lowest BCUT2D eigenvalue weighted by molar-refractivity contribution is -0.192. The smallest absolute Gasteiger partial charge is 0.475 e. The number of piperidine rings is 1. The molecule has 22 heteroatoms. The van der Waals surface area contributed by atoms with Crippen LogP contribution in [0.5, 0.6) is 0 Å². The summed E-state index contributed by atoms with van der Waals surface area (Å²) in [6, 6.07) is 20.2. The molecule has 19 nitrogen and oxygen atoms in total. The Balaban J connectivity index is 0.00000104. The molecule has 4 heterocycles. The summed E-state index contributed by atoms with van der Waals surface area (Å²) in [5, 5.41) is 15.4. The molecule has 7 amide bonds. The number of primary amides is 1. The molecule has 390 valence electrons. The molecule has 4 aromatic rings. The number of alkyl halides is 3. The van der Waals surface area contributed by atoms with Crippen molar-refractivity contribution in [3.8, 4) is 0 Å². The van der Waals surface area contributed by atoms with Gasteiger partial charge in [-0.1, -0.05) is 66.7 Å². The number of aromatic nitrogens is 2. The molecule has 8 N–H and O–H groups in total. The van der Waals surface area contributed by atoms with Gasteiger partial charge in [0, 0.05) is 45.4 Å². The number of amides is 7. The second-order valence-electron chi connectivity index (χ2n) is 19.2. The number of imide groups is 1. The number of hydrogen-bond acceptors (Lipinski definition) is 10. The van der Waals surface area contributed by atoms with Crippen LogP contribution in [0.25, 0.3) is 11.0 Å². The first-order valence-electron chi connectivity index (χ1n) is 24.4. The summed E-state index contributed by atoms with van der Waals surface area (Å²) < 4.78 is 34.8. The standard InChI is InChI=1S/C49H59N9O8.C2HF3O2/c1-55-40-27-32(15-18-37(40)58(49(55)66)39-20-22-42(60)53-47(39)64)33-25-29(26-33)9-8-14-43(61)56-24-23-34-16-19-38(57(34)48(65)35(50)28-56)46(63)52-36(17-21-41(51)59)45(62)54-44(30-10-4-2-5-11-30)31-12-6-3-7-13-31;3-2(4,5)1(6)7/h2-7,10-13,15,18,27,29,33-36,38-39,44H,8-9,14,16-17,19-26,28,50H2,1H3,(H2,51,59)(H,52,63)(H,54,62)(H,53,60,64);(H,6,7)/t29?,33?,34-,35+,36+,38+,39?;/m1./s1. The fourth-order valence-electron chi connectivity index (χ4n) is 10.4. The van der Waals surface area contributed by atoms with E-state index in [4.69, 9.17) is 21.4 Å². The SMILES string of the molecule is Cn1c(=O)n(C2CCC(=O)NC2=O)c2ccc(C3CC(CCCC(=O)N4CC[C@H]5CC[C@@H](C(=O)N[C@@H](CCC(N)=O)C(=O)NC(c6ccccc6)c6ccccc6)N5C(=O)[C@@H](N)C4)C3)cc21.O=C(O)C(F)(F)F. The van der Waals surface area contributed by atoms with Gasteiger partial charge in [0.25, 0.3) is 0 Å². The van der Waals surface area contributed by atoms with Gasteiger partial charge in [-0.2, -0.15) is 13.2 Å². The maximum absolute atomic E-state index is 14.0. The highest BCUT2D eigenvalue weighted by Crippen LogP contribution is 2.45. The predicted molar refractivity (Wildman–Crippen MR) is 258 cm³/mol. The summed E-state index contributed by atoms with van der Waals surface area (Å²) in [6.07, 6.45) is 0.363. The third-order valence-corrected chi connectivity index (χ3v) is 14.3. The number of nitrogens with two attached hydrogens (primary N) is 2. The van der Waals surface area contributed by atoms with E-state index < -0.39 is 71.9 Å². The minimum atomic E-state index is -5.08. The van der Waals surface area contributed by atoms with Crippen LogP contribution in [0.3, 0.4) is 0 Å². The zero-order chi connectivity index (χ0) is 52.7. The lowest BCUT2D eigenvalue weighted by atomic mass is 9.69. The van der Waals surface area contributed by atoms with Crippen LogP contribution in [0.4, 0.5) is 13.2 Å². The van der Waals surface area contributed by atoms with Crippen molar-refractivity contribution in [1.29, 1.82) is 0 Å². The van der Waals surface area contributed by atoms with Gasteiger partial charge in [0.15, 0.2) is 0 Å². The monoisotopic (exact) mass is 1020 g/mol. The molecule has 1 aromatic heterocycles. The maximum Gasteiger partial charge on any atom is 0.490 e. The van der Waals surface area contributed by atoms with Gasteiger partial charge in [0.2, 0.25) is 41.4 Å². The Hall–Kier alpha value is -7.36. The van der Waals surface area contributed by atoms with Gasteiger partial charge in [-0.15, -0.1) is 0 Å². The average Bonchev–Trinajstić information content (AvgIpc) is 3.87. The lowest BCUT2D eigenvalue weighted by Gasteiger charge is -2.38. The minimum Gasteiger partial charge on any atom is -0.475 e. The number of carbonyl (C=O) groups is 8. The van der Waals surface area contributed by atoms with E-state index in [9.17, 15) is 51.5 Å². The Kier molecular flexibility index (Phi) is 16.9. The number of carboxylic acids is 1. The summed E-state index contributed by atoms with van der Waals surface area (Å²) >= 11 is 0. The first-order chi connectivity index (χ1) is 34.7. The van der Waals surface area contributed by atoms with Crippen molar-refractivity contribution in [1.82, 2.24) is 34.9 Å². The predicted octanol–water partition coefficient (Wildman–Crippen LogP) is 3.19. The summed E-state index contributed by atoms with van der Waals surface area (Å²) in [6.45, 7) is 0.419. The Labute approximate surface area is 417 Å². The fourth-order valence-corrected chi connectivity index (χ4v) is 10.4. The molecule has 3 aromatic carbocycles. The van der Waals surface area contributed by atoms with Crippen molar-refractivity contribution in [3.05, 3.63) is 106 Å². The molecule has 0 radical (unpaired) electrons. The van der Waals surface area contributed by atoms with Crippen molar-refractivity contribution in [2.24, 2.45) is 24.4 Å². The zero-order valence-corrected chi connectivity index (χ0v) is 40.2. The first kappa shape index (κ1) is 53.4. The van der Waals surface area contributed by atoms with Crippen LogP contribution in [0.1, 0.15) is 112 Å². The first-order valence-corrected chi connectivity index (χ1v) is 24.4. The second-order valence-corrected chi connectivity index (χ2v) is 19.2. The molecule has 0 spiro atoms. The van der Waals surface area contributed by atoms with Crippen molar-refractivity contribution >= 4 is 58.4 Å². The number of rotatable bonds is 15. The molecule has 4 fully saturated rings. The number of halogens is 3. The van der Waals surface area contributed by atoms with E-state index in [2.05, 4.69) is 16.0 Å². The normalized spacial score (nSPS) is 22.5. The third kappa shape index (κ3) is 12.6. The molecule has 0 bridgehead atoms. The molecule has 73 heavy (non-hydrogen) atoms. The molecule has 8 rings (SSSR count). The Bertz CT molecular complexity index is 2740. The number of imidazole rings is 1.